The van der Waals surface area contributed by atoms with E-state index in [0.29, 0.717) is 33.9 Å². The van der Waals surface area contributed by atoms with E-state index in [1.165, 1.54) is 9.13 Å². The van der Waals surface area contributed by atoms with Crippen LogP contribution in [0.5, 0.6) is 11.5 Å². The maximum atomic E-state index is 12.9. The number of rotatable bonds is 6. The van der Waals surface area contributed by atoms with Crippen molar-refractivity contribution in [1.29, 1.82) is 0 Å². The van der Waals surface area contributed by atoms with Gasteiger partial charge in [0.2, 0.25) is 0 Å². The predicted octanol–water partition coefficient (Wildman–Crippen LogP) is 4.49. The SMILES string of the molecule is CCOC(=O)c1ccccc1NC(=O)Nc1cc2c(cc1Oc1ccccc1)n(C)c(=O)n2C. The van der Waals surface area contributed by atoms with E-state index in [0.717, 1.165) is 0 Å². The topological polar surface area (TPSA) is 104 Å². The lowest BCUT2D eigenvalue weighted by atomic mass is 10.2. The second kappa shape index (κ2) is 9.53. The third-order valence-electron chi connectivity index (χ3n) is 5.26. The van der Waals surface area contributed by atoms with Crippen LogP contribution in [-0.4, -0.2) is 27.7 Å². The number of hydrogen-bond donors (Lipinski definition) is 2. The molecule has 0 fully saturated rings. The zero-order chi connectivity index (χ0) is 24.2. The highest BCUT2D eigenvalue weighted by molar-refractivity contribution is 6.06. The average Bonchev–Trinajstić information content (AvgIpc) is 3.04. The molecular weight excluding hydrogens is 436 g/mol. The number of fused-ring (bicyclic) bond motifs is 1. The summed E-state index contributed by atoms with van der Waals surface area (Å²) < 4.78 is 14.1. The van der Waals surface area contributed by atoms with Crippen molar-refractivity contribution in [3.8, 4) is 11.5 Å². The fraction of sp³-hybridized carbons (Fsp3) is 0.160. The van der Waals surface area contributed by atoms with E-state index in [9.17, 15) is 14.4 Å². The van der Waals surface area contributed by atoms with Crippen molar-refractivity contribution in [3.05, 3.63) is 82.8 Å². The van der Waals surface area contributed by atoms with Gasteiger partial charge in [-0.2, -0.15) is 0 Å². The standard InChI is InChI=1S/C25H24N4O5/c1-4-33-23(30)17-12-8-9-13-18(17)26-24(31)27-19-14-20-21(29(3)25(32)28(20)2)15-22(19)34-16-10-6-5-7-11-16/h5-15H,4H2,1-3H3,(H2,26,27,31). The molecule has 0 spiro atoms. The molecule has 4 rings (SSSR count). The summed E-state index contributed by atoms with van der Waals surface area (Å²) >= 11 is 0. The fourth-order valence-electron chi connectivity index (χ4n) is 3.58. The summed E-state index contributed by atoms with van der Waals surface area (Å²) in [6, 6.07) is 18.5. The molecule has 9 nitrogen and oxygen atoms in total. The molecule has 1 aromatic heterocycles. The Morgan fingerprint density at radius 1 is 0.853 bits per heavy atom. The molecule has 0 aliphatic heterocycles. The molecule has 0 saturated carbocycles. The number of ether oxygens (including phenoxy) is 2. The second-order valence-electron chi connectivity index (χ2n) is 7.50. The van der Waals surface area contributed by atoms with Gasteiger partial charge in [0.15, 0.2) is 5.75 Å². The molecule has 2 N–H and O–H groups in total. The van der Waals surface area contributed by atoms with Crippen LogP contribution in [0.1, 0.15) is 17.3 Å². The highest BCUT2D eigenvalue weighted by atomic mass is 16.5. The number of hydrogen-bond acceptors (Lipinski definition) is 5. The van der Waals surface area contributed by atoms with Crippen molar-refractivity contribution < 1.29 is 19.1 Å². The molecular formula is C25H24N4O5. The highest BCUT2D eigenvalue weighted by Gasteiger charge is 2.18. The van der Waals surface area contributed by atoms with Gasteiger partial charge in [-0.1, -0.05) is 30.3 Å². The van der Waals surface area contributed by atoms with Gasteiger partial charge >= 0.3 is 17.7 Å². The fourth-order valence-corrected chi connectivity index (χ4v) is 3.58. The van der Waals surface area contributed by atoms with Crippen molar-refractivity contribution in [2.45, 2.75) is 6.92 Å². The number of aromatic nitrogens is 2. The van der Waals surface area contributed by atoms with Crippen LogP contribution in [0, 0.1) is 0 Å². The molecule has 0 aliphatic rings. The third-order valence-corrected chi connectivity index (χ3v) is 5.26. The van der Waals surface area contributed by atoms with Crippen molar-refractivity contribution in [2.24, 2.45) is 14.1 Å². The minimum atomic E-state index is -0.588. The Labute approximate surface area is 195 Å². The van der Waals surface area contributed by atoms with Crippen LogP contribution in [0.25, 0.3) is 11.0 Å². The lowest BCUT2D eigenvalue weighted by molar-refractivity contribution is 0.0527. The van der Waals surface area contributed by atoms with E-state index in [-0.39, 0.29) is 17.9 Å². The van der Waals surface area contributed by atoms with E-state index in [4.69, 9.17) is 9.47 Å². The number of urea groups is 1. The van der Waals surface area contributed by atoms with Crippen molar-refractivity contribution in [3.63, 3.8) is 0 Å². The Kier molecular flexibility index (Phi) is 6.35. The Bertz CT molecular complexity index is 1420. The summed E-state index contributed by atoms with van der Waals surface area (Å²) in [5.41, 5.74) is 1.96. The van der Waals surface area contributed by atoms with Gasteiger partial charge in [-0.05, 0) is 37.3 Å². The summed E-state index contributed by atoms with van der Waals surface area (Å²) in [6.45, 7) is 1.93. The van der Waals surface area contributed by atoms with Crippen LogP contribution >= 0.6 is 0 Å². The summed E-state index contributed by atoms with van der Waals surface area (Å²) in [6.07, 6.45) is 0. The monoisotopic (exact) mass is 460 g/mol. The largest absolute Gasteiger partial charge is 0.462 e. The Morgan fingerprint density at radius 3 is 2.18 bits per heavy atom. The van der Waals surface area contributed by atoms with Gasteiger partial charge in [0.25, 0.3) is 0 Å². The molecule has 0 bridgehead atoms. The molecule has 0 saturated heterocycles. The number of anilines is 2. The number of nitrogens with zero attached hydrogens (tertiary/aromatic N) is 2. The number of aryl methyl sites for hydroxylation is 2. The predicted molar refractivity (Wildman–Crippen MR) is 130 cm³/mol. The Hall–Kier alpha value is -4.53. The molecule has 0 unspecified atom stereocenters. The molecule has 34 heavy (non-hydrogen) atoms. The molecule has 1 heterocycles. The number of imidazole rings is 1. The maximum Gasteiger partial charge on any atom is 0.340 e. The first-order valence-corrected chi connectivity index (χ1v) is 10.7. The number of carbonyl (C=O) groups is 2. The second-order valence-corrected chi connectivity index (χ2v) is 7.50. The van der Waals surface area contributed by atoms with E-state index < -0.39 is 12.0 Å². The van der Waals surface area contributed by atoms with E-state index in [1.807, 2.05) is 18.2 Å². The molecule has 2 amide bonds. The summed E-state index contributed by atoms with van der Waals surface area (Å²) in [4.78, 5) is 37.6. The molecule has 0 atom stereocenters. The first-order chi connectivity index (χ1) is 16.4. The molecule has 0 aliphatic carbocycles. The molecule has 4 aromatic rings. The normalized spacial score (nSPS) is 10.7. The third kappa shape index (κ3) is 4.49. The first kappa shape index (κ1) is 22.7. The van der Waals surface area contributed by atoms with Crippen LogP contribution in [0.2, 0.25) is 0 Å². The van der Waals surface area contributed by atoms with Crippen LogP contribution < -0.4 is 21.1 Å². The highest BCUT2D eigenvalue weighted by Crippen LogP contribution is 2.33. The van der Waals surface area contributed by atoms with Gasteiger partial charge in [0.05, 0.1) is 34.6 Å². The molecule has 0 radical (unpaired) electrons. The number of esters is 1. The van der Waals surface area contributed by atoms with Crippen molar-refractivity contribution in [1.82, 2.24) is 9.13 Å². The lowest BCUT2D eigenvalue weighted by Crippen LogP contribution is -2.21. The van der Waals surface area contributed by atoms with Gasteiger partial charge in [-0.25, -0.2) is 14.4 Å². The van der Waals surface area contributed by atoms with Crippen LogP contribution in [0.15, 0.2) is 71.5 Å². The zero-order valence-corrected chi connectivity index (χ0v) is 19.0. The minimum Gasteiger partial charge on any atom is -0.462 e. The Balaban J connectivity index is 1.69. The van der Waals surface area contributed by atoms with E-state index in [2.05, 4.69) is 10.6 Å². The van der Waals surface area contributed by atoms with Gasteiger partial charge in [0, 0.05) is 20.2 Å². The summed E-state index contributed by atoms with van der Waals surface area (Å²) in [5, 5.41) is 5.46. The van der Waals surface area contributed by atoms with E-state index >= 15 is 0 Å². The first-order valence-electron chi connectivity index (χ1n) is 10.7. The summed E-state index contributed by atoms with van der Waals surface area (Å²) in [7, 11) is 3.32. The van der Waals surface area contributed by atoms with E-state index in [1.54, 1.807) is 69.6 Å². The number of para-hydroxylation sites is 2. The Morgan fingerprint density at radius 2 is 1.47 bits per heavy atom. The van der Waals surface area contributed by atoms with Gasteiger partial charge < -0.3 is 20.1 Å². The maximum absolute atomic E-state index is 12.9. The number of amides is 2. The van der Waals surface area contributed by atoms with Crippen molar-refractivity contribution in [2.75, 3.05) is 17.2 Å². The van der Waals surface area contributed by atoms with Crippen LogP contribution in [0.3, 0.4) is 0 Å². The van der Waals surface area contributed by atoms with Gasteiger partial charge in [-0.15, -0.1) is 0 Å². The lowest BCUT2D eigenvalue weighted by Gasteiger charge is -2.15. The smallest absolute Gasteiger partial charge is 0.340 e. The average molecular weight is 460 g/mol. The molecule has 9 heteroatoms. The molecule has 3 aromatic carbocycles. The number of carbonyl (C=O) groups excluding carboxylic acids is 2. The quantitative estimate of drug-likeness (QED) is 0.413. The zero-order valence-electron chi connectivity index (χ0n) is 19.0. The minimum absolute atomic E-state index is 0.203. The number of nitrogens with one attached hydrogen (secondary N) is 2. The van der Waals surface area contributed by atoms with Crippen LogP contribution in [0.4, 0.5) is 16.2 Å². The van der Waals surface area contributed by atoms with Gasteiger partial charge in [0.1, 0.15) is 5.75 Å². The van der Waals surface area contributed by atoms with Crippen molar-refractivity contribution >= 4 is 34.4 Å². The van der Waals surface area contributed by atoms with Gasteiger partial charge in [-0.3, -0.25) is 9.13 Å². The summed E-state index contributed by atoms with van der Waals surface area (Å²) in [5.74, 6) is 0.389. The number of benzene rings is 3. The van der Waals surface area contributed by atoms with Crippen LogP contribution in [-0.2, 0) is 18.8 Å². The molecule has 174 valence electrons.